The fourth-order valence-electron chi connectivity index (χ4n) is 3.95. The lowest BCUT2D eigenvalue weighted by atomic mass is 9.75. The maximum absolute atomic E-state index is 12.0. The second kappa shape index (κ2) is 6.76. The first-order valence-electron chi connectivity index (χ1n) is 8.79. The van der Waals surface area contributed by atoms with Crippen molar-refractivity contribution in [2.75, 3.05) is 32.7 Å². The fraction of sp³-hybridized carbons (Fsp3) is 0.706. The summed E-state index contributed by atoms with van der Waals surface area (Å²) >= 11 is 0. The lowest BCUT2D eigenvalue weighted by Gasteiger charge is -2.50. The van der Waals surface area contributed by atoms with Crippen LogP contribution < -0.4 is 11.2 Å². The number of rotatable bonds is 3. The number of aromatic nitrogens is 2. The minimum Gasteiger partial charge on any atom is -0.389 e. The molecular weight excluding hydrogens is 324 g/mol. The molecule has 0 aromatic carbocycles. The van der Waals surface area contributed by atoms with Gasteiger partial charge in [-0.15, -0.1) is 0 Å². The number of carbonyl (C=O) groups is 1. The molecule has 0 bridgehead atoms. The van der Waals surface area contributed by atoms with Gasteiger partial charge in [-0.1, -0.05) is 0 Å². The van der Waals surface area contributed by atoms with Gasteiger partial charge in [0.2, 0.25) is 5.91 Å². The third kappa shape index (κ3) is 3.69. The van der Waals surface area contributed by atoms with E-state index in [9.17, 15) is 19.5 Å². The van der Waals surface area contributed by atoms with Crippen LogP contribution in [0.4, 0.5) is 0 Å². The van der Waals surface area contributed by atoms with Crippen molar-refractivity contribution in [2.24, 2.45) is 5.92 Å². The van der Waals surface area contributed by atoms with E-state index in [-0.39, 0.29) is 23.1 Å². The van der Waals surface area contributed by atoms with Crippen molar-refractivity contribution >= 4 is 5.91 Å². The molecule has 8 nitrogen and oxygen atoms in total. The largest absolute Gasteiger partial charge is 0.389 e. The molecular formula is C17H26N4O4. The molecule has 0 saturated carbocycles. The molecule has 2 atom stereocenters. The lowest BCUT2D eigenvalue weighted by molar-refractivity contribution is -0.144. The maximum Gasteiger partial charge on any atom is 0.328 e. The second-order valence-electron chi connectivity index (χ2n) is 7.31. The molecule has 1 aromatic rings. The monoisotopic (exact) mass is 350 g/mol. The highest BCUT2D eigenvalue weighted by Gasteiger charge is 2.45. The van der Waals surface area contributed by atoms with Crippen molar-refractivity contribution in [3.05, 3.63) is 32.6 Å². The number of hydrogen-bond donors (Lipinski definition) is 2. The third-order valence-electron chi connectivity index (χ3n) is 5.60. The van der Waals surface area contributed by atoms with Crippen molar-refractivity contribution < 1.29 is 9.90 Å². The van der Waals surface area contributed by atoms with E-state index >= 15 is 0 Å². The number of nitrogens with one attached hydrogen (secondary N) is 1. The van der Waals surface area contributed by atoms with Crippen LogP contribution >= 0.6 is 0 Å². The van der Waals surface area contributed by atoms with Gasteiger partial charge in [0, 0.05) is 63.9 Å². The van der Waals surface area contributed by atoms with Crippen LogP contribution in [0.2, 0.25) is 0 Å². The Morgan fingerprint density at radius 2 is 2.00 bits per heavy atom. The second-order valence-corrected chi connectivity index (χ2v) is 7.31. The van der Waals surface area contributed by atoms with E-state index in [4.69, 9.17) is 0 Å². The average molecular weight is 350 g/mol. The number of aromatic amines is 1. The van der Waals surface area contributed by atoms with E-state index < -0.39 is 5.60 Å². The van der Waals surface area contributed by atoms with Gasteiger partial charge in [-0.2, -0.15) is 0 Å². The van der Waals surface area contributed by atoms with Gasteiger partial charge in [0.15, 0.2) is 0 Å². The van der Waals surface area contributed by atoms with Crippen molar-refractivity contribution in [2.45, 2.75) is 38.8 Å². The Kier molecular flexibility index (Phi) is 4.83. The zero-order valence-corrected chi connectivity index (χ0v) is 14.8. The molecule has 2 saturated heterocycles. The van der Waals surface area contributed by atoms with Crippen molar-refractivity contribution in [1.82, 2.24) is 19.4 Å². The Morgan fingerprint density at radius 1 is 1.28 bits per heavy atom. The molecule has 3 rings (SSSR count). The molecule has 0 aliphatic carbocycles. The molecule has 8 heteroatoms. The van der Waals surface area contributed by atoms with E-state index in [2.05, 4.69) is 9.88 Å². The average Bonchev–Trinajstić information content (AvgIpc) is 2.53. The van der Waals surface area contributed by atoms with Gasteiger partial charge in [-0.05, 0) is 19.8 Å². The summed E-state index contributed by atoms with van der Waals surface area (Å²) in [4.78, 5) is 42.1. The number of carbonyl (C=O) groups excluding carboxylic acids is 1. The maximum atomic E-state index is 12.0. The number of amides is 1. The fourth-order valence-corrected chi connectivity index (χ4v) is 3.95. The molecule has 1 aromatic heterocycles. The summed E-state index contributed by atoms with van der Waals surface area (Å²) in [5.74, 6) is 0.0452. The SMILES string of the molecule is CC(=O)N1CC[C@]2(O)CCN(CCn3c(=O)cc(C)[nH]c3=O)C[C@@H]2C1. The van der Waals surface area contributed by atoms with Crippen molar-refractivity contribution in [1.29, 1.82) is 0 Å². The number of likely N-dealkylation sites (tertiary alicyclic amines) is 2. The highest BCUT2D eigenvalue weighted by atomic mass is 16.3. The van der Waals surface area contributed by atoms with Gasteiger partial charge in [-0.3, -0.25) is 14.2 Å². The number of aliphatic hydroxyl groups is 1. The number of nitrogens with zero attached hydrogens (tertiary/aromatic N) is 3. The lowest BCUT2D eigenvalue weighted by Crippen LogP contribution is -2.60. The van der Waals surface area contributed by atoms with Crippen LogP contribution in [-0.2, 0) is 11.3 Å². The van der Waals surface area contributed by atoms with Crippen molar-refractivity contribution in [3.63, 3.8) is 0 Å². The molecule has 0 radical (unpaired) electrons. The zero-order valence-electron chi connectivity index (χ0n) is 14.8. The Balaban J connectivity index is 1.65. The van der Waals surface area contributed by atoms with Crippen LogP contribution in [-0.4, -0.2) is 68.7 Å². The summed E-state index contributed by atoms with van der Waals surface area (Å²) in [7, 11) is 0. The first-order chi connectivity index (χ1) is 11.8. The smallest absolute Gasteiger partial charge is 0.328 e. The van der Waals surface area contributed by atoms with Crippen LogP contribution in [0.25, 0.3) is 0 Å². The van der Waals surface area contributed by atoms with E-state index in [0.29, 0.717) is 51.3 Å². The molecule has 25 heavy (non-hydrogen) atoms. The quantitative estimate of drug-likeness (QED) is 0.740. The Hall–Kier alpha value is -1.93. The molecule has 3 heterocycles. The van der Waals surface area contributed by atoms with Gasteiger partial charge in [-0.25, -0.2) is 4.79 Å². The summed E-state index contributed by atoms with van der Waals surface area (Å²) in [6.45, 7) is 6.69. The standard InChI is InChI=1S/C17H26N4O4/c1-12-9-15(23)21(16(24)18-12)8-7-19-5-3-17(25)4-6-20(13(2)22)11-14(17)10-19/h9,14,25H,3-8,10-11H2,1-2H3,(H,18,24)/t14-,17-/m1/s1. The minimum atomic E-state index is -0.708. The number of H-pyrrole nitrogens is 1. The number of aryl methyl sites for hydroxylation is 1. The molecule has 2 fully saturated rings. The van der Waals surface area contributed by atoms with E-state index in [0.717, 1.165) is 6.54 Å². The first-order valence-corrected chi connectivity index (χ1v) is 8.79. The summed E-state index contributed by atoms with van der Waals surface area (Å²) in [6.07, 6.45) is 1.27. The van der Waals surface area contributed by atoms with E-state index in [1.807, 2.05) is 0 Å². The molecule has 0 unspecified atom stereocenters. The van der Waals surface area contributed by atoms with Crippen LogP contribution in [0.5, 0.6) is 0 Å². The normalized spacial score (nSPS) is 27.2. The van der Waals surface area contributed by atoms with Gasteiger partial charge >= 0.3 is 5.69 Å². The van der Waals surface area contributed by atoms with E-state index in [1.54, 1.807) is 18.7 Å². The van der Waals surface area contributed by atoms with E-state index in [1.165, 1.54) is 10.6 Å². The van der Waals surface area contributed by atoms with Crippen LogP contribution in [0.1, 0.15) is 25.5 Å². The van der Waals surface area contributed by atoms with Gasteiger partial charge < -0.3 is 19.9 Å². The summed E-state index contributed by atoms with van der Waals surface area (Å²) in [6, 6.07) is 1.42. The highest BCUT2D eigenvalue weighted by Crippen LogP contribution is 2.35. The van der Waals surface area contributed by atoms with Gasteiger partial charge in [0.1, 0.15) is 0 Å². The Labute approximate surface area is 146 Å². The first kappa shape index (κ1) is 17.9. The Bertz CT molecular complexity index is 739. The Morgan fingerprint density at radius 3 is 2.68 bits per heavy atom. The topological polar surface area (TPSA) is 98.6 Å². The molecule has 2 N–H and O–H groups in total. The minimum absolute atomic E-state index is 0.00641. The third-order valence-corrected chi connectivity index (χ3v) is 5.60. The number of fused-ring (bicyclic) bond motifs is 1. The zero-order chi connectivity index (χ0) is 18.2. The summed E-state index contributed by atoms with van der Waals surface area (Å²) in [5.41, 5.74) is -0.837. The molecule has 2 aliphatic rings. The van der Waals surface area contributed by atoms with Gasteiger partial charge in [0.05, 0.1) is 5.60 Å². The predicted molar refractivity (Wildman–Crippen MR) is 92.4 cm³/mol. The van der Waals surface area contributed by atoms with Crippen LogP contribution in [0.15, 0.2) is 15.7 Å². The predicted octanol–water partition coefficient (Wildman–Crippen LogP) is -0.850. The van der Waals surface area contributed by atoms with Crippen LogP contribution in [0.3, 0.4) is 0 Å². The molecule has 1 amide bonds. The molecule has 138 valence electrons. The van der Waals surface area contributed by atoms with Crippen molar-refractivity contribution in [3.8, 4) is 0 Å². The molecule has 2 aliphatic heterocycles. The highest BCUT2D eigenvalue weighted by molar-refractivity contribution is 5.73. The molecule has 0 spiro atoms. The number of hydrogen-bond acceptors (Lipinski definition) is 5. The number of piperidine rings is 2. The van der Waals surface area contributed by atoms with Gasteiger partial charge in [0.25, 0.3) is 5.56 Å². The summed E-state index contributed by atoms with van der Waals surface area (Å²) in [5, 5.41) is 10.8. The van der Waals surface area contributed by atoms with Crippen LogP contribution in [0, 0.1) is 12.8 Å². The summed E-state index contributed by atoms with van der Waals surface area (Å²) < 4.78 is 1.20.